The van der Waals surface area contributed by atoms with E-state index in [9.17, 15) is 14.9 Å². The maximum Gasteiger partial charge on any atom is 0.319 e. The van der Waals surface area contributed by atoms with Crippen LogP contribution in [0.5, 0.6) is 0 Å². The van der Waals surface area contributed by atoms with Crippen LogP contribution >= 0.6 is 11.8 Å². The van der Waals surface area contributed by atoms with Gasteiger partial charge in [0, 0.05) is 54.0 Å². The van der Waals surface area contributed by atoms with Crippen LogP contribution in [0.15, 0.2) is 53.9 Å². The van der Waals surface area contributed by atoms with Gasteiger partial charge in [0.2, 0.25) is 0 Å². The first-order chi connectivity index (χ1) is 14.6. The first kappa shape index (κ1) is 20.2. The molecular weight excluding hydrogens is 402 g/mol. The summed E-state index contributed by atoms with van der Waals surface area (Å²) in [6, 6.07) is 12.0. The monoisotopic (exact) mass is 425 g/mol. The normalized spacial score (nSPS) is 20.0. The quantitative estimate of drug-likeness (QED) is 0.428. The summed E-state index contributed by atoms with van der Waals surface area (Å²) < 4.78 is 0. The van der Waals surface area contributed by atoms with Crippen molar-refractivity contribution < 1.29 is 9.72 Å². The summed E-state index contributed by atoms with van der Waals surface area (Å²) in [5.74, 6) is 0. The molecule has 0 saturated heterocycles. The van der Waals surface area contributed by atoms with E-state index in [-0.39, 0.29) is 22.7 Å². The maximum atomic E-state index is 12.1. The van der Waals surface area contributed by atoms with Gasteiger partial charge in [-0.3, -0.25) is 10.1 Å². The highest BCUT2D eigenvalue weighted by Crippen LogP contribution is 2.33. The number of thioether (sulfide) groups is 1. The summed E-state index contributed by atoms with van der Waals surface area (Å²) in [7, 11) is 0. The number of nitro groups is 1. The van der Waals surface area contributed by atoms with Crippen molar-refractivity contribution in [2.24, 2.45) is 0 Å². The standard InChI is InChI=1S/C21H23N5O3S/c27-21(24-13-17-2-1-11-30-17)25-15-5-3-14(4-6-15)20-18-12-16(26(28)29)7-8-19(18)22-9-10-23-20/h1,3-8,11-12,17,20,22-23H,2,9-10,13H2,(H2,24,25,27). The second-order valence-electron chi connectivity index (χ2n) is 7.17. The Labute approximate surface area is 178 Å². The van der Waals surface area contributed by atoms with E-state index in [0.29, 0.717) is 17.5 Å². The topological polar surface area (TPSA) is 108 Å². The summed E-state index contributed by atoms with van der Waals surface area (Å²) in [4.78, 5) is 23.0. The number of anilines is 2. The third-order valence-electron chi connectivity index (χ3n) is 5.10. The molecular formula is C21H23N5O3S. The number of carbonyl (C=O) groups excluding carboxylic acids is 1. The van der Waals surface area contributed by atoms with Gasteiger partial charge < -0.3 is 21.3 Å². The molecule has 0 bridgehead atoms. The molecule has 156 valence electrons. The molecule has 2 amide bonds. The van der Waals surface area contributed by atoms with Crippen LogP contribution in [-0.4, -0.2) is 35.8 Å². The number of nitro benzene ring substituents is 1. The van der Waals surface area contributed by atoms with Gasteiger partial charge in [0.15, 0.2) is 0 Å². The number of urea groups is 1. The number of amides is 2. The van der Waals surface area contributed by atoms with Crippen molar-refractivity contribution in [2.75, 3.05) is 30.3 Å². The highest BCUT2D eigenvalue weighted by Gasteiger charge is 2.22. The van der Waals surface area contributed by atoms with Gasteiger partial charge >= 0.3 is 6.03 Å². The van der Waals surface area contributed by atoms with E-state index in [0.717, 1.165) is 36.3 Å². The number of fused-ring (bicyclic) bond motifs is 1. The van der Waals surface area contributed by atoms with Crippen LogP contribution in [0, 0.1) is 10.1 Å². The molecule has 2 heterocycles. The minimum atomic E-state index is -0.381. The molecule has 0 aliphatic carbocycles. The summed E-state index contributed by atoms with van der Waals surface area (Å²) in [6.07, 6.45) is 3.08. The molecule has 2 aromatic carbocycles. The Hall–Kier alpha value is -3.04. The summed E-state index contributed by atoms with van der Waals surface area (Å²) in [5.41, 5.74) is 3.45. The number of carbonyl (C=O) groups is 1. The van der Waals surface area contributed by atoms with E-state index < -0.39 is 0 Å². The van der Waals surface area contributed by atoms with Gasteiger partial charge in [-0.25, -0.2) is 4.79 Å². The molecule has 2 aliphatic heterocycles. The van der Waals surface area contributed by atoms with Gasteiger partial charge in [0.05, 0.1) is 11.0 Å². The number of rotatable bonds is 5. The Morgan fingerprint density at radius 1 is 1.20 bits per heavy atom. The molecule has 2 atom stereocenters. The number of hydrogen-bond donors (Lipinski definition) is 4. The highest BCUT2D eigenvalue weighted by atomic mass is 32.2. The number of nitrogens with one attached hydrogen (secondary N) is 4. The van der Waals surface area contributed by atoms with Gasteiger partial charge in [-0.15, -0.1) is 11.8 Å². The molecule has 2 aromatic rings. The average molecular weight is 426 g/mol. The molecule has 8 nitrogen and oxygen atoms in total. The maximum absolute atomic E-state index is 12.1. The zero-order valence-corrected chi connectivity index (χ0v) is 17.1. The predicted molar refractivity (Wildman–Crippen MR) is 120 cm³/mol. The van der Waals surface area contributed by atoms with Crippen molar-refractivity contribution >= 4 is 34.9 Å². The molecule has 0 saturated carbocycles. The molecule has 4 N–H and O–H groups in total. The van der Waals surface area contributed by atoms with Crippen molar-refractivity contribution in [2.45, 2.75) is 17.7 Å². The average Bonchev–Trinajstić information content (AvgIpc) is 3.18. The second-order valence-corrected chi connectivity index (χ2v) is 8.38. The number of allylic oxidation sites excluding steroid dienone is 1. The van der Waals surface area contributed by atoms with Crippen LogP contribution in [-0.2, 0) is 0 Å². The Kier molecular flexibility index (Phi) is 6.20. The molecule has 9 heteroatoms. The Morgan fingerprint density at radius 2 is 2.03 bits per heavy atom. The van der Waals surface area contributed by atoms with E-state index in [1.807, 2.05) is 24.3 Å². The van der Waals surface area contributed by atoms with E-state index >= 15 is 0 Å². The fourth-order valence-electron chi connectivity index (χ4n) is 3.59. The fourth-order valence-corrected chi connectivity index (χ4v) is 4.43. The van der Waals surface area contributed by atoms with Gasteiger partial charge in [-0.2, -0.15) is 0 Å². The van der Waals surface area contributed by atoms with Crippen molar-refractivity contribution in [3.63, 3.8) is 0 Å². The second kappa shape index (κ2) is 9.19. The molecule has 0 spiro atoms. The third kappa shape index (κ3) is 4.74. The summed E-state index contributed by atoms with van der Waals surface area (Å²) in [5, 5.41) is 26.2. The minimum absolute atomic E-state index is 0.0647. The van der Waals surface area contributed by atoms with Gasteiger partial charge in [-0.05, 0) is 35.6 Å². The zero-order valence-electron chi connectivity index (χ0n) is 16.3. The lowest BCUT2D eigenvalue weighted by atomic mass is 9.96. The SMILES string of the molecule is O=C(NCC1CC=CS1)Nc1ccc(C2NCCNc3ccc([N+](=O)[O-])cc32)cc1. The molecule has 0 aromatic heterocycles. The third-order valence-corrected chi connectivity index (χ3v) is 6.20. The molecule has 0 radical (unpaired) electrons. The predicted octanol–water partition coefficient (Wildman–Crippen LogP) is 3.84. The Bertz CT molecular complexity index is 956. The van der Waals surface area contributed by atoms with Crippen molar-refractivity contribution in [1.82, 2.24) is 10.6 Å². The van der Waals surface area contributed by atoms with Crippen LogP contribution in [0.4, 0.5) is 21.9 Å². The van der Waals surface area contributed by atoms with E-state index in [4.69, 9.17) is 0 Å². The molecule has 2 aliphatic rings. The van der Waals surface area contributed by atoms with Crippen LogP contribution in [0.3, 0.4) is 0 Å². The summed E-state index contributed by atoms with van der Waals surface area (Å²) in [6.45, 7) is 2.08. The van der Waals surface area contributed by atoms with E-state index in [1.54, 1.807) is 23.9 Å². The van der Waals surface area contributed by atoms with E-state index in [2.05, 4.69) is 32.8 Å². The zero-order chi connectivity index (χ0) is 20.9. The first-order valence-corrected chi connectivity index (χ1v) is 10.8. The van der Waals surface area contributed by atoms with Crippen LogP contribution in [0.2, 0.25) is 0 Å². The number of benzene rings is 2. The minimum Gasteiger partial charge on any atom is -0.383 e. The first-order valence-electron chi connectivity index (χ1n) is 9.81. The van der Waals surface area contributed by atoms with Gasteiger partial charge in [-0.1, -0.05) is 18.2 Å². The number of non-ortho nitro benzene ring substituents is 1. The van der Waals surface area contributed by atoms with Crippen LogP contribution in [0.25, 0.3) is 0 Å². The summed E-state index contributed by atoms with van der Waals surface area (Å²) >= 11 is 1.73. The lowest BCUT2D eigenvalue weighted by molar-refractivity contribution is -0.384. The lowest BCUT2D eigenvalue weighted by Gasteiger charge is -2.19. The Morgan fingerprint density at radius 3 is 2.77 bits per heavy atom. The van der Waals surface area contributed by atoms with Crippen LogP contribution < -0.4 is 21.3 Å². The van der Waals surface area contributed by atoms with Crippen molar-refractivity contribution in [3.05, 3.63) is 75.2 Å². The molecule has 30 heavy (non-hydrogen) atoms. The van der Waals surface area contributed by atoms with Crippen molar-refractivity contribution in [1.29, 1.82) is 0 Å². The van der Waals surface area contributed by atoms with E-state index in [1.165, 1.54) is 6.07 Å². The molecule has 0 fully saturated rings. The highest BCUT2D eigenvalue weighted by molar-refractivity contribution is 8.03. The van der Waals surface area contributed by atoms with Gasteiger partial charge in [0.25, 0.3) is 5.69 Å². The smallest absolute Gasteiger partial charge is 0.319 e. The number of nitrogens with zero attached hydrogens (tertiary/aromatic N) is 1. The lowest BCUT2D eigenvalue weighted by Crippen LogP contribution is -2.33. The molecule has 2 unspecified atom stereocenters. The molecule has 4 rings (SSSR count). The number of hydrogen-bond acceptors (Lipinski definition) is 6. The Balaban J connectivity index is 1.45. The van der Waals surface area contributed by atoms with Crippen molar-refractivity contribution in [3.8, 4) is 0 Å². The van der Waals surface area contributed by atoms with Crippen LogP contribution in [0.1, 0.15) is 23.6 Å². The largest absolute Gasteiger partial charge is 0.383 e. The van der Waals surface area contributed by atoms with Gasteiger partial charge in [0.1, 0.15) is 0 Å². The fraction of sp³-hybridized carbons (Fsp3) is 0.286.